The number of carbonyl (C=O) groups is 2. The lowest BCUT2D eigenvalue weighted by Gasteiger charge is -2.23. The molecule has 1 fully saturated rings. The molecule has 28 heavy (non-hydrogen) atoms. The molecule has 1 atom stereocenters. The second-order valence-corrected chi connectivity index (χ2v) is 9.30. The van der Waals surface area contributed by atoms with Crippen LogP contribution in [-0.2, 0) is 4.79 Å². The minimum atomic E-state index is -0.0686. The van der Waals surface area contributed by atoms with E-state index in [9.17, 15) is 9.59 Å². The second-order valence-electron chi connectivity index (χ2n) is 9.30. The van der Waals surface area contributed by atoms with Crippen LogP contribution in [0.2, 0.25) is 0 Å². The average Bonchev–Trinajstić information content (AvgIpc) is 3.12. The van der Waals surface area contributed by atoms with Crippen LogP contribution >= 0.6 is 0 Å². The van der Waals surface area contributed by atoms with E-state index in [1.807, 2.05) is 25.1 Å². The third-order valence-corrected chi connectivity index (χ3v) is 5.00. The number of amides is 2. The minimum Gasteiger partial charge on any atom is -0.371 e. The number of nitrogens with one attached hydrogen (secondary N) is 2. The van der Waals surface area contributed by atoms with Crippen molar-refractivity contribution in [1.82, 2.24) is 5.32 Å². The monoisotopic (exact) mass is 387 g/mol. The van der Waals surface area contributed by atoms with Crippen LogP contribution in [0.25, 0.3) is 0 Å². The molecule has 0 bridgehead atoms. The van der Waals surface area contributed by atoms with Gasteiger partial charge in [-0.25, -0.2) is 0 Å². The molecule has 5 nitrogen and oxygen atoms in total. The summed E-state index contributed by atoms with van der Waals surface area (Å²) in [7, 11) is 0. The minimum absolute atomic E-state index is 0.00517. The maximum atomic E-state index is 12.7. The van der Waals surface area contributed by atoms with Gasteiger partial charge in [0.1, 0.15) is 0 Å². The Balaban J connectivity index is 2.11. The Bertz CT molecular complexity index is 673. The SMILES string of the molecule is CCCNC(=O)c1cc(NC(=O)CC(C)CC(C)(C)C)ccc1N1CCCC1. The van der Waals surface area contributed by atoms with Gasteiger partial charge in [-0.2, -0.15) is 0 Å². The second kappa shape index (κ2) is 9.94. The molecule has 1 heterocycles. The number of anilines is 2. The van der Waals surface area contributed by atoms with Gasteiger partial charge >= 0.3 is 0 Å². The van der Waals surface area contributed by atoms with Crippen molar-refractivity contribution < 1.29 is 9.59 Å². The van der Waals surface area contributed by atoms with Crippen molar-refractivity contribution in [1.29, 1.82) is 0 Å². The van der Waals surface area contributed by atoms with Crippen molar-refractivity contribution in [2.45, 2.75) is 66.7 Å². The fraction of sp³-hybridized carbons (Fsp3) is 0.652. The maximum absolute atomic E-state index is 12.7. The standard InChI is InChI=1S/C23H37N3O2/c1-6-11-24-22(28)19-15-18(9-10-20(19)26-12-7-8-13-26)25-21(27)14-17(2)16-23(3,4)5/h9-10,15,17H,6-8,11-14,16H2,1-5H3,(H,24,28)(H,25,27). The summed E-state index contributed by atoms with van der Waals surface area (Å²) >= 11 is 0. The molecule has 5 heteroatoms. The quantitative estimate of drug-likeness (QED) is 0.672. The van der Waals surface area contributed by atoms with Gasteiger partial charge in [0.05, 0.1) is 5.56 Å². The van der Waals surface area contributed by atoms with E-state index in [0.717, 1.165) is 44.5 Å². The lowest BCUT2D eigenvalue weighted by Crippen LogP contribution is -2.28. The summed E-state index contributed by atoms with van der Waals surface area (Å²) in [6.07, 6.45) is 4.69. The third-order valence-electron chi connectivity index (χ3n) is 5.00. The van der Waals surface area contributed by atoms with Gasteiger partial charge in [-0.1, -0.05) is 34.6 Å². The summed E-state index contributed by atoms with van der Waals surface area (Å²) in [5.74, 6) is 0.253. The van der Waals surface area contributed by atoms with E-state index in [2.05, 4.69) is 43.2 Å². The van der Waals surface area contributed by atoms with E-state index >= 15 is 0 Å². The first kappa shape index (κ1) is 22.3. The van der Waals surface area contributed by atoms with Crippen molar-refractivity contribution >= 4 is 23.2 Å². The zero-order valence-electron chi connectivity index (χ0n) is 18.2. The highest BCUT2D eigenvalue weighted by molar-refractivity contribution is 6.02. The molecule has 2 rings (SSSR count). The molecule has 1 aromatic rings. The van der Waals surface area contributed by atoms with E-state index in [4.69, 9.17) is 0 Å². The first-order chi connectivity index (χ1) is 13.2. The van der Waals surface area contributed by atoms with Crippen LogP contribution in [0.5, 0.6) is 0 Å². The molecule has 1 unspecified atom stereocenters. The highest BCUT2D eigenvalue weighted by Gasteiger charge is 2.21. The molecule has 0 aliphatic carbocycles. The van der Waals surface area contributed by atoms with Gasteiger partial charge in [0, 0.05) is 37.4 Å². The number of carbonyl (C=O) groups excluding carboxylic acids is 2. The zero-order valence-corrected chi connectivity index (χ0v) is 18.2. The van der Waals surface area contributed by atoms with Crippen molar-refractivity contribution in [2.24, 2.45) is 11.3 Å². The van der Waals surface area contributed by atoms with Crippen LogP contribution in [0, 0.1) is 11.3 Å². The van der Waals surface area contributed by atoms with Crippen LogP contribution in [0.3, 0.4) is 0 Å². The molecule has 0 aromatic heterocycles. The zero-order chi connectivity index (χ0) is 20.7. The number of hydrogen-bond acceptors (Lipinski definition) is 3. The van der Waals surface area contributed by atoms with Crippen molar-refractivity contribution in [2.75, 3.05) is 29.9 Å². The average molecular weight is 388 g/mol. The van der Waals surface area contributed by atoms with Crippen molar-refractivity contribution in [3.8, 4) is 0 Å². The van der Waals surface area contributed by atoms with Crippen LogP contribution < -0.4 is 15.5 Å². The van der Waals surface area contributed by atoms with Gasteiger partial charge in [-0.15, -0.1) is 0 Å². The maximum Gasteiger partial charge on any atom is 0.253 e. The van der Waals surface area contributed by atoms with E-state index < -0.39 is 0 Å². The summed E-state index contributed by atoms with van der Waals surface area (Å²) < 4.78 is 0. The summed E-state index contributed by atoms with van der Waals surface area (Å²) in [5, 5.41) is 5.96. The van der Waals surface area contributed by atoms with Gasteiger partial charge in [0.2, 0.25) is 5.91 Å². The summed E-state index contributed by atoms with van der Waals surface area (Å²) in [6.45, 7) is 13.3. The largest absolute Gasteiger partial charge is 0.371 e. The van der Waals surface area contributed by atoms with Gasteiger partial charge in [-0.3, -0.25) is 9.59 Å². The Morgan fingerprint density at radius 2 is 1.86 bits per heavy atom. The number of hydrogen-bond donors (Lipinski definition) is 2. The lowest BCUT2D eigenvalue weighted by atomic mass is 9.84. The molecule has 0 saturated carbocycles. The number of nitrogens with zero attached hydrogens (tertiary/aromatic N) is 1. The molecular weight excluding hydrogens is 350 g/mol. The van der Waals surface area contributed by atoms with Crippen LogP contribution in [0.15, 0.2) is 18.2 Å². The molecule has 2 amide bonds. The van der Waals surface area contributed by atoms with E-state index in [1.54, 1.807) is 0 Å². The molecule has 1 aromatic carbocycles. The van der Waals surface area contributed by atoms with Crippen LogP contribution in [-0.4, -0.2) is 31.4 Å². The van der Waals surface area contributed by atoms with Crippen LogP contribution in [0.4, 0.5) is 11.4 Å². The molecule has 2 N–H and O–H groups in total. The van der Waals surface area contributed by atoms with Gasteiger partial charge in [0.25, 0.3) is 5.91 Å². The van der Waals surface area contributed by atoms with Gasteiger partial charge in [-0.05, 0) is 55.2 Å². The molecule has 0 spiro atoms. The van der Waals surface area contributed by atoms with Crippen molar-refractivity contribution in [3.05, 3.63) is 23.8 Å². The molecule has 1 aliphatic rings. The Kier molecular flexibility index (Phi) is 7.90. The number of benzene rings is 1. The van der Waals surface area contributed by atoms with E-state index in [-0.39, 0.29) is 17.2 Å². The molecule has 156 valence electrons. The van der Waals surface area contributed by atoms with Crippen molar-refractivity contribution in [3.63, 3.8) is 0 Å². The first-order valence-electron chi connectivity index (χ1n) is 10.7. The summed E-state index contributed by atoms with van der Waals surface area (Å²) in [5.41, 5.74) is 2.51. The Labute approximate surface area is 170 Å². The van der Waals surface area contributed by atoms with Gasteiger partial charge in [0.15, 0.2) is 0 Å². The fourth-order valence-corrected chi connectivity index (χ4v) is 4.01. The fourth-order valence-electron chi connectivity index (χ4n) is 4.01. The van der Waals surface area contributed by atoms with E-state index in [0.29, 0.717) is 30.1 Å². The Morgan fingerprint density at radius 1 is 1.18 bits per heavy atom. The lowest BCUT2D eigenvalue weighted by molar-refractivity contribution is -0.117. The third kappa shape index (κ3) is 6.84. The Morgan fingerprint density at radius 3 is 2.46 bits per heavy atom. The van der Waals surface area contributed by atoms with Crippen LogP contribution in [0.1, 0.15) is 77.1 Å². The summed E-state index contributed by atoms with van der Waals surface area (Å²) in [6, 6.07) is 5.71. The predicted octanol–water partition coefficient (Wildman–Crippen LogP) is 4.83. The van der Waals surface area contributed by atoms with E-state index in [1.165, 1.54) is 0 Å². The molecular formula is C23H37N3O2. The highest BCUT2D eigenvalue weighted by Crippen LogP contribution is 2.29. The smallest absolute Gasteiger partial charge is 0.253 e. The summed E-state index contributed by atoms with van der Waals surface area (Å²) in [4.78, 5) is 27.4. The molecule has 1 aliphatic heterocycles. The first-order valence-corrected chi connectivity index (χ1v) is 10.7. The molecule has 0 radical (unpaired) electrons. The highest BCUT2D eigenvalue weighted by atomic mass is 16.2. The normalized spacial score (nSPS) is 15.4. The molecule has 1 saturated heterocycles. The predicted molar refractivity (Wildman–Crippen MR) is 117 cm³/mol. The number of rotatable bonds is 8. The Hall–Kier alpha value is -2.04. The van der Waals surface area contributed by atoms with Gasteiger partial charge < -0.3 is 15.5 Å². The topological polar surface area (TPSA) is 61.4 Å².